The van der Waals surface area contributed by atoms with E-state index in [1.165, 1.54) is 18.2 Å². The number of hydrogen-bond donors (Lipinski definition) is 1. The van der Waals surface area contributed by atoms with Gasteiger partial charge in [0.1, 0.15) is 10.0 Å². The Kier molecular flexibility index (Phi) is 4.70. The highest BCUT2D eigenvalue weighted by Crippen LogP contribution is 2.30. The van der Waals surface area contributed by atoms with E-state index in [0.29, 0.717) is 16.8 Å². The van der Waals surface area contributed by atoms with Gasteiger partial charge in [-0.25, -0.2) is 12.8 Å². The van der Waals surface area contributed by atoms with Crippen molar-refractivity contribution in [3.05, 3.63) is 71.4 Å². The smallest absolute Gasteiger partial charge is 0.271 e. The summed E-state index contributed by atoms with van der Waals surface area (Å²) in [6.45, 7) is 1.92. The molecular formula is C19H14FN3O3S2. The summed E-state index contributed by atoms with van der Waals surface area (Å²) in [5.74, 6) is -0.0230. The predicted molar refractivity (Wildman–Crippen MR) is 105 cm³/mol. The van der Waals surface area contributed by atoms with Crippen molar-refractivity contribution in [1.82, 2.24) is 10.1 Å². The molecule has 9 heteroatoms. The zero-order valence-electron chi connectivity index (χ0n) is 14.6. The second-order valence-electron chi connectivity index (χ2n) is 6.06. The number of thiophene rings is 1. The lowest BCUT2D eigenvalue weighted by Gasteiger charge is -2.06. The lowest BCUT2D eigenvalue weighted by atomic mass is 10.2. The Bertz CT molecular complexity index is 1230. The number of hydrogen-bond acceptors (Lipinski definition) is 6. The number of halogens is 1. The monoisotopic (exact) mass is 415 g/mol. The number of nitrogens with zero attached hydrogens (tertiary/aromatic N) is 2. The minimum Gasteiger partial charge on any atom is -0.334 e. The van der Waals surface area contributed by atoms with Gasteiger partial charge in [0.05, 0.1) is 5.56 Å². The number of anilines is 1. The summed E-state index contributed by atoms with van der Waals surface area (Å²) >= 11 is 1.04. The standard InChI is InChI=1S/C19H14FN3O3S2/c1-12-5-7-16(8-6-12)23-28(24,25)17-10-14(11-27-17)19-21-18(22-26-19)13-3-2-4-15(20)9-13/h2-11,23H,1H3. The van der Waals surface area contributed by atoms with Crippen LogP contribution in [-0.2, 0) is 10.0 Å². The molecule has 142 valence electrons. The van der Waals surface area contributed by atoms with Crippen molar-refractivity contribution in [2.45, 2.75) is 11.1 Å². The number of rotatable bonds is 5. The molecule has 0 aliphatic heterocycles. The molecule has 28 heavy (non-hydrogen) atoms. The second-order valence-corrected chi connectivity index (χ2v) is 8.88. The van der Waals surface area contributed by atoms with Crippen molar-refractivity contribution in [3.63, 3.8) is 0 Å². The van der Waals surface area contributed by atoms with Crippen LogP contribution in [0.4, 0.5) is 10.1 Å². The maximum Gasteiger partial charge on any atom is 0.271 e. The van der Waals surface area contributed by atoms with E-state index in [-0.39, 0.29) is 15.9 Å². The van der Waals surface area contributed by atoms with Gasteiger partial charge in [-0.2, -0.15) is 4.98 Å². The summed E-state index contributed by atoms with van der Waals surface area (Å²) in [6, 6.07) is 14.3. The van der Waals surface area contributed by atoms with Crippen LogP contribution in [0.3, 0.4) is 0 Å². The van der Waals surface area contributed by atoms with E-state index >= 15 is 0 Å². The van der Waals surface area contributed by atoms with Crippen LogP contribution in [0.15, 0.2) is 68.7 Å². The zero-order valence-corrected chi connectivity index (χ0v) is 16.2. The van der Waals surface area contributed by atoms with Crippen LogP contribution >= 0.6 is 11.3 Å². The molecule has 0 atom stereocenters. The van der Waals surface area contributed by atoms with E-state index in [2.05, 4.69) is 14.9 Å². The zero-order chi connectivity index (χ0) is 19.7. The summed E-state index contributed by atoms with van der Waals surface area (Å²) in [7, 11) is -3.74. The molecule has 1 N–H and O–H groups in total. The number of benzene rings is 2. The number of sulfonamides is 1. The van der Waals surface area contributed by atoms with Crippen LogP contribution in [0.5, 0.6) is 0 Å². The maximum absolute atomic E-state index is 13.4. The fourth-order valence-corrected chi connectivity index (χ4v) is 4.69. The summed E-state index contributed by atoms with van der Waals surface area (Å²) in [4.78, 5) is 4.23. The van der Waals surface area contributed by atoms with Gasteiger partial charge in [0, 0.05) is 16.6 Å². The van der Waals surface area contributed by atoms with Gasteiger partial charge in [-0.1, -0.05) is 35.0 Å². The highest BCUT2D eigenvalue weighted by atomic mass is 32.2. The third kappa shape index (κ3) is 3.80. The van der Waals surface area contributed by atoms with Crippen LogP contribution < -0.4 is 4.72 Å². The van der Waals surface area contributed by atoms with Crippen molar-refractivity contribution in [2.75, 3.05) is 4.72 Å². The van der Waals surface area contributed by atoms with Gasteiger partial charge in [0.15, 0.2) is 0 Å². The fourth-order valence-electron chi connectivity index (χ4n) is 2.48. The molecule has 2 heterocycles. The molecule has 0 unspecified atom stereocenters. The molecule has 2 aromatic heterocycles. The van der Waals surface area contributed by atoms with Gasteiger partial charge >= 0.3 is 0 Å². The van der Waals surface area contributed by atoms with Crippen molar-refractivity contribution >= 4 is 27.0 Å². The van der Waals surface area contributed by atoms with E-state index in [1.54, 1.807) is 29.6 Å². The predicted octanol–water partition coefficient (Wildman–Crippen LogP) is 4.71. The number of nitrogens with one attached hydrogen (secondary N) is 1. The molecule has 4 aromatic rings. The van der Waals surface area contributed by atoms with E-state index < -0.39 is 15.8 Å². The average molecular weight is 415 g/mol. The first-order valence-corrected chi connectivity index (χ1v) is 10.5. The quantitative estimate of drug-likeness (QED) is 0.510. The van der Waals surface area contributed by atoms with E-state index in [1.807, 2.05) is 19.1 Å². The highest BCUT2D eigenvalue weighted by Gasteiger charge is 2.20. The van der Waals surface area contributed by atoms with E-state index in [4.69, 9.17) is 4.52 Å². The third-order valence-corrected chi connectivity index (χ3v) is 6.72. The number of aromatic nitrogens is 2. The van der Waals surface area contributed by atoms with Crippen LogP contribution in [0.2, 0.25) is 0 Å². The summed E-state index contributed by atoms with van der Waals surface area (Å²) in [5, 5.41) is 5.46. The Balaban J connectivity index is 1.58. The summed E-state index contributed by atoms with van der Waals surface area (Å²) in [5.41, 5.74) is 2.46. The van der Waals surface area contributed by atoms with Gasteiger partial charge in [0.2, 0.25) is 5.82 Å². The van der Waals surface area contributed by atoms with Gasteiger partial charge in [0.25, 0.3) is 15.9 Å². The van der Waals surface area contributed by atoms with E-state index in [0.717, 1.165) is 16.9 Å². The molecule has 0 radical (unpaired) electrons. The van der Waals surface area contributed by atoms with Gasteiger partial charge in [-0.05, 0) is 37.3 Å². The molecule has 0 aliphatic rings. The molecule has 2 aromatic carbocycles. The molecule has 4 rings (SSSR count). The number of aryl methyl sites for hydroxylation is 1. The fraction of sp³-hybridized carbons (Fsp3) is 0.0526. The minimum absolute atomic E-state index is 0.119. The maximum atomic E-state index is 13.4. The van der Waals surface area contributed by atoms with Gasteiger partial charge in [-0.15, -0.1) is 11.3 Å². The molecule has 6 nitrogen and oxygen atoms in total. The first-order chi connectivity index (χ1) is 13.4. The molecule has 0 saturated carbocycles. The van der Waals surface area contributed by atoms with Crippen LogP contribution in [-0.4, -0.2) is 18.6 Å². The lowest BCUT2D eigenvalue weighted by molar-refractivity contribution is 0.432. The van der Waals surface area contributed by atoms with Crippen LogP contribution in [0, 0.1) is 12.7 Å². The molecular weight excluding hydrogens is 401 g/mol. The van der Waals surface area contributed by atoms with E-state index in [9.17, 15) is 12.8 Å². The topological polar surface area (TPSA) is 85.1 Å². The summed E-state index contributed by atoms with van der Waals surface area (Å²) < 4.78 is 46.4. The Morgan fingerprint density at radius 3 is 2.61 bits per heavy atom. The normalized spacial score (nSPS) is 11.5. The third-order valence-electron chi connectivity index (χ3n) is 3.90. The molecule has 0 saturated heterocycles. The summed E-state index contributed by atoms with van der Waals surface area (Å²) in [6.07, 6.45) is 0. The first-order valence-electron chi connectivity index (χ1n) is 8.19. The Labute approximate surface area is 164 Å². The van der Waals surface area contributed by atoms with Gasteiger partial charge in [-0.3, -0.25) is 4.72 Å². The van der Waals surface area contributed by atoms with Gasteiger partial charge < -0.3 is 4.52 Å². The Morgan fingerprint density at radius 2 is 1.86 bits per heavy atom. The SMILES string of the molecule is Cc1ccc(NS(=O)(=O)c2cc(-c3nc(-c4cccc(F)c4)no3)cs2)cc1. The van der Waals surface area contributed by atoms with Crippen molar-refractivity contribution in [3.8, 4) is 22.8 Å². The Hall–Kier alpha value is -3.04. The van der Waals surface area contributed by atoms with Crippen LogP contribution in [0.1, 0.15) is 5.56 Å². The molecule has 0 fully saturated rings. The Morgan fingerprint density at radius 1 is 1.07 bits per heavy atom. The van der Waals surface area contributed by atoms with Crippen molar-refractivity contribution in [2.24, 2.45) is 0 Å². The van der Waals surface area contributed by atoms with Crippen molar-refractivity contribution in [1.29, 1.82) is 0 Å². The minimum atomic E-state index is -3.74. The molecule has 0 spiro atoms. The average Bonchev–Trinajstić information content (AvgIpc) is 3.33. The van der Waals surface area contributed by atoms with Crippen molar-refractivity contribution < 1.29 is 17.3 Å². The molecule has 0 amide bonds. The van der Waals surface area contributed by atoms with Crippen LogP contribution in [0.25, 0.3) is 22.8 Å². The molecule has 0 aliphatic carbocycles. The largest absolute Gasteiger partial charge is 0.334 e. The lowest BCUT2D eigenvalue weighted by Crippen LogP contribution is -2.11. The molecule has 0 bridgehead atoms. The highest BCUT2D eigenvalue weighted by molar-refractivity contribution is 7.94. The second kappa shape index (κ2) is 7.17. The first kappa shape index (κ1) is 18.3.